The average molecular weight is 273 g/mol. The Labute approximate surface area is 95.7 Å². The van der Waals surface area contributed by atoms with Crippen molar-refractivity contribution in [3.05, 3.63) is 34.1 Å². The number of hydrogen-bond donors (Lipinski definition) is 2. The normalized spacial score (nSPS) is 12.1. The van der Waals surface area contributed by atoms with E-state index in [1.807, 2.05) is 6.07 Å². The molecule has 0 spiro atoms. The van der Waals surface area contributed by atoms with Crippen LogP contribution in [0.3, 0.4) is 0 Å². The van der Waals surface area contributed by atoms with Gasteiger partial charge in [0, 0.05) is 16.6 Å². The van der Waals surface area contributed by atoms with Gasteiger partial charge in [-0.25, -0.2) is 4.39 Å². The number of benzene rings is 1. The van der Waals surface area contributed by atoms with Crippen LogP contribution in [0.15, 0.2) is 22.7 Å². The molecule has 1 rings (SSSR count). The van der Waals surface area contributed by atoms with E-state index in [-0.39, 0.29) is 18.7 Å². The third-order valence-electron chi connectivity index (χ3n) is 1.86. The van der Waals surface area contributed by atoms with Gasteiger partial charge in [0.25, 0.3) is 0 Å². The summed E-state index contributed by atoms with van der Waals surface area (Å²) in [7, 11) is 0. The van der Waals surface area contributed by atoms with Crippen molar-refractivity contribution in [2.24, 2.45) is 0 Å². The number of hydrogen-bond acceptors (Lipinski definition) is 3. The Hall–Kier alpha value is -0.960. The fourth-order valence-electron chi connectivity index (χ4n) is 1.17. The predicted octanol–water partition coefficient (Wildman–Crippen LogP) is 1.73. The maximum absolute atomic E-state index is 13.4. The highest BCUT2D eigenvalue weighted by molar-refractivity contribution is 9.10. The molecule has 2 N–H and O–H groups in total. The van der Waals surface area contributed by atoms with Crippen LogP contribution in [0.4, 0.5) is 4.39 Å². The van der Waals surface area contributed by atoms with Crippen LogP contribution in [0.5, 0.6) is 0 Å². The van der Waals surface area contributed by atoms with Crippen LogP contribution in [-0.4, -0.2) is 18.3 Å². The molecule has 0 aliphatic heterocycles. The van der Waals surface area contributed by atoms with Crippen LogP contribution in [0, 0.1) is 17.1 Å². The maximum atomic E-state index is 13.4. The van der Waals surface area contributed by atoms with E-state index in [9.17, 15) is 4.39 Å². The highest BCUT2D eigenvalue weighted by atomic mass is 79.9. The lowest BCUT2D eigenvalue weighted by Crippen LogP contribution is -2.24. The smallest absolute Gasteiger partial charge is 0.130 e. The zero-order valence-corrected chi connectivity index (χ0v) is 9.46. The summed E-state index contributed by atoms with van der Waals surface area (Å²) in [6, 6.07) is 5.72. The lowest BCUT2D eigenvalue weighted by atomic mass is 10.1. The minimum absolute atomic E-state index is 0.0870. The SMILES string of the molecule is N#CC(NCCO)c1ccc(Br)cc1F. The van der Waals surface area contributed by atoms with E-state index in [0.29, 0.717) is 4.47 Å². The van der Waals surface area contributed by atoms with Crippen molar-refractivity contribution in [3.8, 4) is 6.07 Å². The molecule has 0 aromatic heterocycles. The van der Waals surface area contributed by atoms with Crippen molar-refractivity contribution >= 4 is 15.9 Å². The lowest BCUT2D eigenvalue weighted by Gasteiger charge is -2.11. The molecule has 0 fully saturated rings. The minimum Gasteiger partial charge on any atom is -0.395 e. The monoisotopic (exact) mass is 272 g/mol. The van der Waals surface area contributed by atoms with Crippen LogP contribution in [0.1, 0.15) is 11.6 Å². The average Bonchev–Trinajstić information content (AvgIpc) is 2.21. The summed E-state index contributed by atoms with van der Waals surface area (Å²) in [5, 5.41) is 20.2. The summed E-state index contributed by atoms with van der Waals surface area (Å²) < 4.78 is 14.1. The molecular weight excluding hydrogens is 263 g/mol. The second-order valence-electron chi connectivity index (χ2n) is 2.91. The zero-order chi connectivity index (χ0) is 11.3. The number of nitriles is 1. The van der Waals surface area contributed by atoms with E-state index in [1.165, 1.54) is 12.1 Å². The van der Waals surface area contributed by atoms with Gasteiger partial charge < -0.3 is 5.11 Å². The first-order chi connectivity index (χ1) is 7.19. The second-order valence-corrected chi connectivity index (χ2v) is 3.82. The third-order valence-corrected chi connectivity index (χ3v) is 2.36. The summed E-state index contributed by atoms with van der Waals surface area (Å²) in [5.74, 6) is -0.443. The molecular formula is C10H10BrFN2O. The minimum atomic E-state index is -0.731. The first kappa shape index (κ1) is 12.1. The van der Waals surface area contributed by atoms with Gasteiger partial charge in [0.2, 0.25) is 0 Å². The fraction of sp³-hybridized carbons (Fsp3) is 0.300. The van der Waals surface area contributed by atoms with E-state index in [1.54, 1.807) is 6.07 Å². The highest BCUT2D eigenvalue weighted by Gasteiger charge is 2.14. The molecule has 0 heterocycles. The first-order valence-electron chi connectivity index (χ1n) is 4.38. The summed E-state index contributed by atoms with van der Waals surface area (Å²) >= 11 is 3.14. The Bertz CT molecular complexity index is 378. The quantitative estimate of drug-likeness (QED) is 0.878. The number of nitrogens with zero attached hydrogens (tertiary/aromatic N) is 1. The van der Waals surface area contributed by atoms with Gasteiger partial charge in [-0.15, -0.1) is 0 Å². The molecule has 3 nitrogen and oxygen atoms in total. The van der Waals surface area contributed by atoms with Gasteiger partial charge in [0.1, 0.15) is 11.9 Å². The molecule has 0 amide bonds. The molecule has 1 aromatic rings. The molecule has 0 aliphatic rings. The van der Waals surface area contributed by atoms with E-state index < -0.39 is 11.9 Å². The number of halogens is 2. The molecule has 80 valence electrons. The number of aliphatic hydroxyl groups excluding tert-OH is 1. The van der Waals surface area contributed by atoms with Gasteiger partial charge >= 0.3 is 0 Å². The molecule has 1 unspecified atom stereocenters. The molecule has 0 aliphatic carbocycles. The standard InChI is InChI=1S/C10H10BrFN2O/c11-7-1-2-8(9(12)5-7)10(6-13)14-3-4-15/h1-2,5,10,14-15H,3-4H2. The zero-order valence-electron chi connectivity index (χ0n) is 7.87. The van der Waals surface area contributed by atoms with Gasteiger partial charge in [0.05, 0.1) is 12.7 Å². The fourth-order valence-corrected chi connectivity index (χ4v) is 1.50. The molecule has 0 bridgehead atoms. The van der Waals surface area contributed by atoms with Gasteiger partial charge in [-0.1, -0.05) is 22.0 Å². The van der Waals surface area contributed by atoms with Gasteiger partial charge in [-0.05, 0) is 12.1 Å². The van der Waals surface area contributed by atoms with Gasteiger partial charge in [-0.3, -0.25) is 5.32 Å². The van der Waals surface area contributed by atoms with E-state index >= 15 is 0 Å². The Morgan fingerprint density at radius 3 is 2.87 bits per heavy atom. The van der Waals surface area contributed by atoms with E-state index in [4.69, 9.17) is 10.4 Å². The van der Waals surface area contributed by atoms with E-state index in [2.05, 4.69) is 21.2 Å². The molecule has 5 heteroatoms. The maximum Gasteiger partial charge on any atom is 0.130 e. The first-order valence-corrected chi connectivity index (χ1v) is 5.17. The molecule has 0 radical (unpaired) electrons. The van der Waals surface area contributed by atoms with Gasteiger partial charge in [0.15, 0.2) is 0 Å². The number of rotatable bonds is 4. The topological polar surface area (TPSA) is 56.0 Å². The summed E-state index contributed by atoms with van der Waals surface area (Å²) in [6.45, 7) is 0.171. The van der Waals surface area contributed by atoms with Crippen LogP contribution in [-0.2, 0) is 0 Å². The van der Waals surface area contributed by atoms with Crippen molar-refractivity contribution in [3.63, 3.8) is 0 Å². The Kier molecular flexibility index (Phi) is 4.69. The molecule has 0 saturated heterocycles. The van der Waals surface area contributed by atoms with Crippen molar-refractivity contribution in [2.45, 2.75) is 6.04 Å². The third kappa shape index (κ3) is 3.27. The van der Waals surface area contributed by atoms with Crippen molar-refractivity contribution in [1.29, 1.82) is 5.26 Å². The van der Waals surface area contributed by atoms with Crippen molar-refractivity contribution in [2.75, 3.05) is 13.2 Å². The largest absolute Gasteiger partial charge is 0.395 e. The summed E-state index contributed by atoms with van der Waals surface area (Å²) in [5.41, 5.74) is 0.286. The molecule has 0 saturated carbocycles. The van der Waals surface area contributed by atoms with Crippen LogP contribution in [0.2, 0.25) is 0 Å². The Morgan fingerprint density at radius 1 is 1.60 bits per heavy atom. The van der Waals surface area contributed by atoms with Crippen LogP contribution in [0.25, 0.3) is 0 Å². The van der Waals surface area contributed by atoms with Crippen molar-refractivity contribution in [1.82, 2.24) is 5.32 Å². The van der Waals surface area contributed by atoms with Crippen LogP contribution >= 0.6 is 15.9 Å². The highest BCUT2D eigenvalue weighted by Crippen LogP contribution is 2.20. The summed E-state index contributed by atoms with van der Waals surface area (Å²) in [6.07, 6.45) is 0. The Balaban J connectivity index is 2.88. The van der Waals surface area contributed by atoms with Crippen molar-refractivity contribution < 1.29 is 9.50 Å². The van der Waals surface area contributed by atoms with E-state index in [0.717, 1.165) is 0 Å². The second kappa shape index (κ2) is 5.81. The summed E-state index contributed by atoms with van der Waals surface area (Å²) in [4.78, 5) is 0. The number of nitrogens with one attached hydrogen (secondary N) is 1. The predicted molar refractivity (Wildman–Crippen MR) is 57.5 cm³/mol. The van der Waals surface area contributed by atoms with Crippen LogP contribution < -0.4 is 5.32 Å². The molecule has 1 atom stereocenters. The molecule has 15 heavy (non-hydrogen) atoms. The number of aliphatic hydroxyl groups is 1. The molecule has 1 aromatic carbocycles. The van der Waals surface area contributed by atoms with Gasteiger partial charge in [-0.2, -0.15) is 5.26 Å². The lowest BCUT2D eigenvalue weighted by molar-refractivity contribution is 0.288. The Morgan fingerprint density at radius 2 is 2.33 bits per heavy atom.